The SMILES string of the molecule is C[C@@H]1C2[C@H]3C4C5[C@H](C([C@@H]43)[C@@H]1C)[C@@H]52. The highest BCUT2D eigenvalue weighted by molar-refractivity contribution is 5.36. The van der Waals surface area contributed by atoms with Crippen molar-refractivity contribution >= 4 is 0 Å². The maximum Gasteiger partial charge on any atom is -0.0312 e. The van der Waals surface area contributed by atoms with E-state index in [9.17, 15) is 0 Å². The Hall–Kier alpha value is 0. The third kappa shape index (κ3) is 0.300. The molecular formula is C12H16. The van der Waals surface area contributed by atoms with Crippen LogP contribution in [0.5, 0.6) is 0 Å². The zero-order valence-electron chi connectivity index (χ0n) is 7.77. The molecule has 2 bridgehead atoms. The highest BCUT2D eigenvalue weighted by Crippen LogP contribution is 2.93. The summed E-state index contributed by atoms with van der Waals surface area (Å²) in [4.78, 5) is 0. The summed E-state index contributed by atoms with van der Waals surface area (Å²) >= 11 is 0. The van der Waals surface area contributed by atoms with E-state index in [0.29, 0.717) is 0 Å². The minimum Gasteiger partial charge on any atom is -0.0620 e. The molecule has 0 saturated heterocycles. The lowest BCUT2D eigenvalue weighted by Crippen LogP contribution is -2.41. The second kappa shape index (κ2) is 1.22. The van der Waals surface area contributed by atoms with Gasteiger partial charge >= 0.3 is 0 Å². The van der Waals surface area contributed by atoms with Crippen molar-refractivity contribution in [3.63, 3.8) is 0 Å². The molecule has 0 N–H and O–H groups in total. The maximum absolute atomic E-state index is 2.55. The molecule has 0 aromatic carbocycles. The highest BCUT2D eigenvalue weighted by atomic mass is 14.9. The lowest BCUT2D eigenvalue weighted by atomic mass is 9.60. The fourth-order valence-corrected chi connectivity index (χ4v) is 6.47. The van der Waals surface area contributed by atoms with Crippen molar-refractivity contribution in [2.24, 2.45) is 59.2 Å². The smallest absolute Gasteiger partial charge is 0.0312 e. The first kappa shape index (κ1) is 5.67. The molecule has 0 heterocycles. The van der Waals surface area contributed by atoms with Crippen LogP contribution in [0, 0.1) is 59.2 Å². The first-order valence-electron chi connectivity index (χ1n) is 5.82. The van der Waals surface area contributed by atoms with E-state index in [1.165, 1.54) is 47.3 Å². The lowest BCUT2D eigenvalue weighted by Gasteiger charge is -2.45. The zero-order valence-corrected chi connectivity index (χ0v) is 7.77. The van der Waals surface area contributed by atoms with Gasteiger partial charge in [0.15, 0.2) is 0 Å². The fourth-order valence-electron chi connectivity index (χ4n) is 6.47. The van der Waals surface area contributed by atoms with Crippen LogP contribution in [0.25, 0.3) is 0 Å². The Labute approximate surface area is 73.7 Å². The van der Waals surface area contributed by atoms with Gasteiger partial charge in [-0.3, -0.25) is 0 Å². The van der Waals surface area contributed by atoms with Gasteiger partial charge in [0.05, 0.1) is 0 Å². The summed E-state index contributed by atoms with van der Waals surface area (Å²) in [6, 6.07) is 0. The molecule has 12 heavy (non-hydrogen) atoms. The van der Waals surface area contributed by atoms with Crippen LogP contribution in [0.4, 0.5) is 0 Å². The summed E-state index contributed by atoms with van der Waals surface area (Å²) in [5.41, 5.74) is 0. The summed E-state index contributed by atoms with van der Waals surface area (Å²) in [6.07, 6.45) is 0. The Morgan fingerprint density at radius 1 is 0.417 bits per heavy atom. The standard InChI is InChI=1S/C12H16/c1-3-4(2)6-9-7-5(3)8-10(6)12(8)11(7)9/h3-12H,1-2H3/t3-,4+,5?,6?,7-,8-,9-,10+,11?,12?/m1/s1. The van der Waals surface area contributed by atoms with Gasteiger partial charge in [0.25, 0.3) is 0 Å². The summed E-state index contributed by atoms with van der Waals surface area (Å²) in [7, 11) is 0. The van der Waals surface area contributed by atoms with Gasteiger partial charge in [-0.2, -0.15) is 0 Å². The van der Waals surface area contributed by atoms with E-state index in [1.807, 2.05) is 0 Å². The largest absolute Gasteiger partial charge is 0.0620 e. The van der Waals surface area contributed by atoms with E-state index >= 15 is 0 Å². The van der Waals surface area contributed by atoms with E-state index in [2.05, 4.69) is 13.8 Å². The van der Waals surface area contributed by atoms with Crippen molar-refractivity contribution in [2.75, 3.05) is 0 Å². The molecule has 6 fully saturated rings. The molecule has 0 radical (unpaired) electrons. The van der Waals surface area contributed by atoms with E-state index in [-0.39, 0.29) is 0 Å². The predicted octanol–water partition coefficient (Wildman–Crippen LogP) is 2.26. The van der Waals surface area contributed by atoms with Crippen molar-refractivity contribution in [2.45, 2.75) is 13.8 Å². The van der Waals surface area contributed by atoms with E-state index in [1.54, 1.807) is 0 Å². The molecule has 0 heteroatoms. The summed E-state index contributed by atoms with van der Waals surface area (Å²) < 4.78 is 0. The van der Waals surface area contributed by atoms with Crippen molar-refractivity contribution in [3.05, 3.63) is 0 Å². The molecule has 6 aliphatic rings. The van der Waals surface area contributed by atoms with E-state index in [4.69, 9.17) is 0 Å². The topological polar surface area (TPSA) is 0 Å². The zero-order chi connectivity index (χ0) is 7.77. The molecule has 4 unspecified atom stereocenters. The van der Waals surface area contributed by atoms with Crippen LogP contribution in [-0.4, -0.2) is 0 Å². The van der Waals surface area contributed by atoms with Gasteiger partial charge in [0, 0.05) is 0 Å². The molecule has 64 valence electrons. The van der Waals surface area contributed by atoms with Gasteiger partial charge in [-0.1, -0.05) is 13.8 Å². The maximum atomic E-state index is 2.55. The summed E-state index contributed by atoms with van der Waals surface area (Å²) in [5.74, 6) is 12.2. The number of fused-ring (bicyclic) bond motifs is 1. The Balaban J connectivity index is 1.79. The van der Waals surface area contributed by atoms with Crippen LogP contribution in [-0.2, 0) is 0 Å². The number of rotatable bonds is 0. The summed E-state index contributed by atoms with van der Waals surface area (Å²) in [5, 5.41) is 0. The fraction of sp³-hybridized carbons (Fsp3) is 1.00. The molecule has 0 amide bonds. The Morgan fingerprint density at radius 2 is 0.667 bits per heavy atom. The molecule has 6 saturated carbocycles. The number of hydrogen-bond donors (Lipinski definition) is 0. The van der Waals surface area contributed by atoms with Crippen molar-refractivity contribution in [1.29, 1.82) is 0 Å². The van der Waals surface area contributed by atoms with Crippen LogP contribution in [0.3, 0.4) is 0 Å². The van der Waals surface area contributed by atoms with Gasteiger partial charge in [-0.25, -0.2) is 0 Å². The highest BCUT2D eigenvalue weighted by Gasteiger charge is 2.89. The summed E-state index contributed by atoms with van der Waals surface area (Å²) in [6.45, 7) is 5.09. The van der Waals surface area contributed by atoms with Crippen molar-refractivity contribution in [1.82, 2.24) is 0 Å². The van der Waals surface area contributed by atoms with Gasteiger partial charge in [0.1, 0.15) is 0 Å². The monoisotopic (exact) mass is 160 g/mol. The first-order chi connectivity index (χ1) is 5.82. The van der Waals surface area contributed by atoms with Crippen LogP contribution in [0.15, 0.2) is 0 Å². The van der Waals surface area contributed by atoms with Gasteiger partial charge in [-0.05, 0) is 59.2 Å². The molecule has 0 aromatic rings. The third-order valence-electron chi connectivity index (χ3n) is 6.65. The Kier molecular flexibility index (Phi) is 0.578. The molecule has 10 atom stereocenters. The average Bonchev–Trinajstić information content (AvgIpc) is 2.88. The van der Waals surface area contributed by atoms with Crippen molar-refractivity contribution in [3.8, 4) is 0 Å². The van der Waals surface area contributed by atoms with Crippen molar-refractivity contribution < 1.29 is 0 Å². The minimum atomic E-state index is 1.09. The lowest BCUT2D eigenvalue weighted by molar-refractivity contribution is 0.0239. The molecule has 0 nitrogen and oxygen atoms in total. The first-order valence-corrected chi connectivity index (χ1v) is 5.82. The van der Waals surface area contributed by atoms with Gasteiger partial charge in [0.2, 0.25) is 0 Å². The normalized spacial score (nSPS) is 90.5. The predicted molar refractivity (Wildman–Crippen MR) is 46.2 cm³/mol. The second-order valence-electron chi connectivity index (χ2n) is 6.34. The van der Waals surface area contributed by atoms with Crippen LogP contribution < -0.4 is 0 Å². The Morgan fingerprint density at radius 3 is 1.00 bits per heavy atom. The van der Waals surface area contributed by atoms with Crippen LogP contribution in [0.2, 0.25) is 0 Å². The van der Waals surface area contributed by atoms with E-state index < -0.39 is 0 Å². The van der Waals surface area contributed by atoms with Gasteiger partial charge < -0.3 is 0 Å². The second-order valence-corrected chi connectivity index (χ2v) is 6.34. The number of hydrogen-bond acceptors (Lipinski definition) is 0. The van der Waals surface area contributed by atoms with Crippen LogP contribution in [0.1, 0.15) is 13.8 Å². The molecule has 0 aliphatic heterocycles. The average molecular weight is 160 g/mol. The van der Waals surface area contributed by atoms with Gasteiger partial charge in [-0.15, -0.1) is 0 Å². The molecule has 6 aliphatic carbocycles. The Bertz CT molecular complexity index is 244. The van der Waals surface area contributed by atoms with Crippen LogP contribution >= 0.6 is 0 Å². The molecule has 0 spiro atoms. The molecule has 6 rings (SSSR count). The molecular weight excluding hydrogens is 144 g/mol. The third-order valence-corrected chi connectivity index (χ3v) is 6.65. The minimum absolute atomic E-state index is 1.09. The molecule has 0 aromatic heterocycles. The van der Waals surface area contributed by atoms with E-state index in [0.717, 1.165) is 11.8 Å². The quantitative estimate of drug-likeness (QED) is 0.510.